The third-order valence-electron chi connectivity index (χ3n) is 4.31. The molecule has 0 spiro atoms. The van der Waals surface area contributed by atoms with Crippen LogP contribution in [-0.2, 0) is 0 Å². The van der Waals surface area contributed by atoms with Crippen LogP contribution in [0.15, 0.2) is 61.1 Å². The lowest BCUT2D eigenvalue weighted by Crippen LogP contribution is -2.10. The molecule has 8 heteroatoms. The zero-order valence-corrected chi connectivity index (χ0v) is 15.6. The van der Waals surface area contributed by atoms with Gasteiger partial charge in [-0.3, -0.25) is 9.20 Å². The molecule has 1 amide bonds. The van der Waals surface area contributed by atoms with Gasteiger partial charge in [0.2, 0.25) is 5.91 Å². The van der Waals surface area contributed by atoms with Crippen molar-refractivity contribution in [2.24, 2.45) is 5.73 Å². The number of rotatable bonds is 5. The highest BCUT2D eigenvalue weighted by atomic mass is 35.5. The number of primary amides is 1. The van der Waals surface area contributed by atoms with Gasteiger partial charge in [-0.25, -0.2) is 9.97 Å². The number of fused-ring (bicyclic) bond motifs is 1. The van der Waals surface area contributed by atoms with Crippen molar-refractivity contribution in [2.45, 2.75) is 0 Å². The maximum absolute atomic E-state index is 11.2. The van der Waals surface area contributed by atoms with Crippen LogP contribution in [-0.4, -0.2) is 27.4 Å². The van der Waals surface area contributed by atoms with Crippen LogP contribution >= 0.6 is 11.6 Å². The molecule has 140 valence electrons. The highest BCUT2D eigenvalue weighted by molar-refractivity contribution is 6.32. The summed E-state index contributed by atoms with van der Waals surface area (Å²) in [5.74, 6) is 0.727. The van der Waals surface area contributed by atoms with E-state index in [1.165, 1.54) is 0 Å². The number of carbonyl (C=O) groups is 1. The Labute approximate surface area is 165 Å². The van der Waals surface area contributed by atoms with Crippen molar-refractivity contribution in [1.82, 2.24) is 14.4 Å². The fraction of sp³-hybridized carbons (Fsp3) is 0.0500. The third-order valence-corrected chi connectivity index (χ3v) is 4.60. The number of ether oxygens (including phenoxy) is 1. The first-order valence-corrected chi connectivity index (χ1v) is 8.77. The van der Waals surface area contributed by atoms with Crippen LogP contribution in [0.4, 0.5) is 11.5 Å². The summed E-state index contributed by atoms with van der Waals surface area (Å²) in [6.45, 7) is 0. The van der Waals surface area contributed by atoms with E-state index in [0.29, 0.717) is 27.8 Å². The number of benzene rings is 2. The van der Waals surface area contributed by atoms with E-state index in [1.54, 1.807) is 43.8 Å². The van der Waals surface area contributed by atoms with E-state index >= 15 is 0 Å². The van der Waals surface area contributed by atoms with Gasteiger partial charge in [0.1, 0.15) is 5.75 Å². The first kappa shape index (κ1) is 17.8. The largest absolute Gasteiger partial charge is 0.495 e. The molecule has 0 radical (unpaired) electrons. The van der Waals surface area contributed by atoms with Gasteiger partial charge in [-0.05, 0) is 42.5 Å². The van der Waals surface area contributed by atoms with Gasteiger partial charge in [0.15, 0.2) is 11.5 Å². The zero-order valence-electron chi connectivity index (χ0n) is 14.9. The lowest BCUT2D eigenvalue weighted by atomic mass is 10.1. The number of nitrogens with zero attached hydrogens (tertiary/aromatic N) is 3. The standard InChI is InChI=1S/C20H16ClN5O2/c1-28-17-7-4-13(10-15(17)21)16-11-24-20-19(23-8-9-26(16)20)25-14-5-2-12(3-6-14)18(22)27/h2-11H,1H3,(H2,22,27)(H,23,25). The minimum Gasteiger partial charge on any atom is -0.495 e. The van der Waals surface area contributed by atoms with Crippen LogP contribution in [0.3, 0.4) is 0 Å². The quantitative estimate of drug-likeness (QED) is 0.536. The average molecular weight is 394 g/mol. The van der Waals surface area contributed by atoms with Crippen LogP contribution in [0.25, 0.3) is 16.9 Å². The summed E-state index contributed by atoms with van der Waals surface area (Å²) in [5, 5.41) is 3.74. The van der Waals surface area contributed by atoms with E-state index in [0.717, 1.165) is 16.9 Å². The molecule has 7 nitrogen and oxygen atoms in total. The van der Waals surface area contributed by atoms with E-state index in [2.05, 4.69) is 15.3 Å². The van der Waals surface area contributed by atoms with Crippen molar-refractivity contribution in [1.29, 1.82) is 0 Å². The molecule has 4 rings (SSSR count). The molecule has 3 N–H and O–H groups in total. The smallest absolute Gasteiger partial charge is 0.248 e. The number of anilines is 2. The first-order chi connectivity index (χ1) is 13.6. The number of amides is 1. The average Bonchev–Trinajstić information content (AvgIpc) is 3.13. The van der Waals surface area contributed by atoms with Gasteiger partial charge in [-0.1, -0.05) is 11.6 Å². The second-order valence-electron chi connectivity index (χ2n) is 6.03. The van der Waals surface area contributed by atoms with E-state index in [9.17, 15) is 4.79 Å². The van der Waals surface area contributed by atoms with Crippen molar-refractivity contribution < 1.29 is 9.53 Å². The van der Waals surface area contributed by atoms with Crippen molar-refractivity contribution in [2.75, 3.05) is 12.4 Å². The van der Waals surface area contributed by atoms with Crippen molar-refractivity contribution in [3.63, 3.8) is 0 Å². The second kappa shape index (κ2) is 7.21. The fourth-order valence-electron chi connectivity index (χ4n) is 2.90. The predicted molar refractivity (Wildman–Crippen MR) is 108 cm³/mol. The maximum Gasteiger partial charge on any atom is 0.248 e. The Balaban J connectivity index is 1.70. The van der Waals surface area contributed by atoms with Crippen LogP contribution < -0.4 is 15.8 Å². The highest BCUT2D eigenvalue weighted by Crippen LogP contribution is 2.31. The molecular formula is C20H16ClN5O2. The number of methoxy groups -OCH3 is 1. The van der Waals surface area contributed by atoms with E-state index in [1.807, 2.05) is 28.8 Å². The van der Waals surface area contributed by atoms with Crippen LogP contribution in [0, 0.1) is 0 Å². The number of hydrogen-bond donors (Lipinski definition) is 2. The molecule has 0 aliphatic rings. The van der Waals surface area contributed by atoms with E-state index in [-0.39, 0.29) is 0 Å². The first-order valence-electron chi connectivity index (χ1n) is 8.39. The molecule has 0 unspecified atom stereocenters. The van der Waals surface area contributed by atoms with Gasteiger partial charge in [0.25, 0.3) is 0 Å². The number of hydrogen-bond acceptors (Lipinski definition) is 5. The summed E-state index contributed by atoms with van der Waals surface area (Å²) in [4.78, 5) is 20.1. The SMILES string of the molecule is COc1ccc(-c2cnc3c(Nc4ccc(C(N)=O)cc4)nccn23)cc1Cl. The number of halogens is 1. The van der Waals surface area contributed by atoms with Gasteiger partial charge >= 0.3 is 0 Å². The number of nitrogens with two attached hydrogens (primary N) is 1. The summed E-state index contributed by atoms with van der Waals surface area (Å²) in [5.41, 5.74) is 8.91. The Kier molecular flexibility index (Phi) is 4.58. The Bertz CT molecular complexity index is 1170. The molecule has 0 bridgehead atoms. The topological polar surface area (TPSA) is 94.5 Å². The molecule has 0 fully saturated rings. The Morgan fingerprint density at radius 2 is 1.96 bits per heavy atom. The minimum atomic E-state index is -0.470. The molecule has 0 saturated heterocycles. The fourth-order valence-corrected chi connectivity index (χ4v) is 3.16. The Morgan fingerprint density at radius 3 is 2.64 bits per heavy atom. The van der Waals surface area contributed by atoms with Crippen LogP contribution in [0.5, 0.6) is 5.75 Å². The minimum absolute atomic E-state index is 0.441. The van der Waals surface area contributed by atoms with Gasteiger partial charge in [0.05, 0.1) is 24.0 Å². The lowest BCUT2D eigenvalue weighted by Gasteiger charge is -2.09. The second-order valence-corrected chi connectivity index (χ2v) is 6.44. The molecule has 2 aromatic carbocycles. The molecular weight excluding hydrogens is 378 g/mol. The van der Waals surface area contributed by atoms with Gasteiger partial charge in [-0.15, -0.1) is 0 Å². The lowest BCUT2D eigenvalue weighted by molar-refractivity contribution is 0.100. The third kappa shape index (κ3) is 3.23. The number of carbonyl (C=O) groups excluding carboxylic acids is 1. The summed E-state index contributed by atoms with van der Waals surface area (Å²) in [7, 11) is 1.58. The number of imidazole rings is 1. The van der Waals surface area contributed by atoms with E-state index < -0.39 is 5.91 Å². The molecule has 0 aliphatic heterocycles. The molecule has 28 heavy (non-hydrogen) atoms. The van der Waals surface area contributed by atoms with Crippen LogP contribution in [0.1, 0.15) is 10.4 Å². The molecule has 4 aromatic rings. The molecule has 2 aromatic heterocycles. The summed E-state index contributed by atoms with van der Waals surface area (Å²) in [6, 6.07) is 12.4. The summed E-state index contributed by atoms with van der Waals surface area (Å²) >= 11 is 6.26. The zero-order chi connectivity index (χ0) is 19.7. The molecule has 2 heterocycles. The molecule has 0 saturated carbocycles. The van der Waals surface area contributed by atoms with Gasteiger partial charge in [0, 0.05) is 29.2 Å². The molecule has 0 aliphatic carbocycles. The highest BCUT2D eigenvalue weighted by Gasteiger charge is 2.12. The van der Waals surface area contributed by atoms with Gasteiger partial charge < -0.3 is 15.8 Å². The molecule has 0 atom stereocenters. The van der Waals surface area contributed by atoms with Crippen molar-refractivity contribution >= 4 is 34.7 Å². The Morgan fingerprint density at radius 1 is 1.18 bits per heavy atom. The number of nitrogens with one attached hydrogen (secondary N) is 1. The van der Waals surface area contributed by atoms with Crippen LogP contribution in [0.2, 0.25) is 5.02 Å². The summed E-state index contributed by atoms with van der Waals surface area (Å²) in [6.07, 6.45) is 5.27. The number of aromatic nitrogens is 3. The monoisotopic (exact) mass is 393 g/mol. The van der Waals surface area contributed by atoms with Crippen molar-refractivity contribution in [3.05, 3.63) is 71.6 Å². The van der Waals surface area contributed by atoms with Crippen molar-refractivity contribution in [3.8, 4) is 17.0 Å². The summed E-state index contributed by atoms with van der Waals surface area (Å²) < 4.78 is 7.13. The van der Waals surface area contributed by atoms with Gasteiger partial charge in [-0.2, -0.15) is 0 Å². The predicted octanol–water partition coefficient (Wildman–Crippen LogP) is 3.90. The normalized spacial score (nSPS) is 10.8. The van der Waals surface area contributed by atoms with E-state index in [4.69, 9.17) is 22.1 Å². The Hall–Kier alpha value is -3.58. The maximum atomic E-state index is 11.2.